The number of methoxy groups -OCH3 is 1. The summed E-state index contributed by atoms with van der Waals surface area (Å²) < 4.78 is 20.7. The van der Waals surface area contributed by atoms with E-state index >= 15 is 0 Å². The number of imidazole rings is 1. The number of rotatable bonds is 5. The average molecular weight is 408 g/mol. The highest BCUT2D eigenvalue weighted by Crippen LogP contribution is 2.27. The first-order valence-electron chi connectivity index (χ1n) is 9.79. The fourth-order valence-corrected chi connectivity index (χ4v) is 3.85. The van der Waals surface area contributed by atoms with Gasteiger partial charge in [-0.05, 0) is 12.1 Å². The molecule has 1 fully saturated rings. The molecular weight excluding hydrogens is 387 g/mol. The number of halogens is 1. The Morgan fingerprint density at radius 2 is 1.67 bits per heavy atom. The van der Waals surface area contributed by atoms with Crippen LogP contribution in [0.2, 0.25) is 0 Å². The molecule has 0 atom stereocenters. The molecule has 0 spiro atoms. The van der Waals surface area contributed by atoms with Crippen molar-refractivity contribution >= 4 is 33.7 Å². The number of nitrogens with zero attached hydrogens (tertiary/aromatic N) is 8. The summed E-state index contributed by atoms with van der Waals surface area (Å²) in [5.74, 6) is 1.37. The van der Waals surface area contributed by atoms with Crippen LogP contribution in [0, 0.1) is 5.82 Å². The summed E-state index contributed by atoms with van der Waals surface area (Å²) in [6.45, 7) is 4.35. The summed E-state index contributed by atoms with van der Waals surface area (Å²) in [7, 11) is 1.68. The Kier molecular flexibility index (Phi) is 4.83. The lowest BCUT2D eigenvalue weighted by Crippen LogP contribution is -2.47. The van der Waals surface area contributed by atoms with Crippen molar-refractivity contribution in [1.82, 2.24) is 29.5 Å². The van der Waals surface area contributed by atoms with E-state index in [0.717, 1.165) is 54.4 Å². The van der Waals surface area contributed by atoms with E-state index in [4.69, 9.17) is 4.74 Å². The van der Waals surface area contributed by atoms with Gasteiger partial charge in [-0.15, -0.1) is 0 Å². The lowest BCUT2D eigenvalue weighted by molar-refractivity contribution is 0.188. The molecule has 0 aliphatic carbocycles. The summed E-state index contributed by atoms with van der Waals surface area (Å²) in [6.07, 6.45) is 4.86. The van der Waals surface area contributed by atoms with Crippen LogP contribution in [0.25, 0.3) is 22.1 Å². The molecule has 1 aliphatic heterocycles. The predicted octanol–water partition coefficient (Wildman–Crippen LogP) is 1.88. The third-order valence-electron chi connectivity index (χ3n) is 5.37. The van der Waals surface area contributed by atoms with Crippen molar-refractivity contribution in [1.29, 1.82) is 0 Å². The molecule has 4 aromatic rings. The van der Waals surface area contributed by atoms with Gasteiger partial charge in [0.05, 0.1) is 18.5 Å². The van der Waals surface area contributed by atoms with Gasteiger partial charge in [0.15, 0.2) is 17.0 Å². The zero-order chi connectivity index (χ0) is 20.5. The fraction of sp³-hybridized carbons (Fsp3) is 0.350. The van der Waals surface area contributed by atoms with Gasteiger partial charge in [-0.1, -0.05) is 0 Å². The molecular formula is C20H21FN8O. The van der Waals surface area contributed by atoms with Crippen LogP contribution in [0.4, 0.5) is 16.0 Å². The average Bonchev–Trinajstić information content (AvgIpc) is 3.20. The maximum atomic E-state index is 13.5. The SMILES string of the molecule is COCCn1cnc2c(N3CCN(c4ncnc5cc(F)ccc45)CC3)ncnc21. The van der Waals surface area contributed by atoms with Crippen LogP contribution in [0.1, 0.15) is 0 Å². The number of piperazine rings is 1. The van der Waals surface area contributed by atoms with E-state index in [1.54, 1.807) is 25.8 Å². The molecule has 0 amide bonds. The largest absolute Gasteiger partial charge is 0.383 e. The molecule has 0 unspecified atom stereocenters. The van der Waals surface area contributed by atoms with E-state index in [0.29, 0.717) is 18.7 Å². The number of fused-ring (bicyclic) bond motifs is 2. The van der Waals surface area contributed by atoms with Crippen molar-refractivity contribution in [2.75, 3.05) is 49.7 Å². The molecule has 10 heteroatoms. The molecule has 154 valence electrons. The maximum Gasteiger partial charge on any atom is 0.165 e. The Balaban J connectivity index is 1.37. The number of ether oxygens (including phenoxy) is 1. The Bertz CT molecular complexity index is 1190. The minimum Gasteiger partial charge on any atom is -0.383 e. The molecule has 0 bridgehead atoms. The van der Waals surface area contributed by atoms with Gasteiger partial charge in [-0.25, -0.2) is 29.3 Å². The van der Waals surface area contributed by atoms with E-state index in [1.165, 1.54) is 18.5 Å². The first-order valence-corrected chi connectivity index (χ1v) is 9.79. The first-order chi connectivity index (χ1) is 14.7. The number of benzene rings is 1. The van der Waals surface area contributed by atoms with Crippen molar-refractivity contribution in [3.05, 3.63) is 43.0 Å². The molecule has 30 heavy (non-hydrogen) atoms. The van der Waals surface area contributed by atoms with Crippen LogP contribution < -0.4 is 9.80 Å². The number of aromatic nitrogens is 6. The zero-order valence-electron chi connectivity index (χ0n) is 16.6. The van der Waals surface area contributed by atoms with Gasteiger partial charge in [0.25, 0.3) is 0 Å². The van der Waals surface area contributed by atoms with Gasteiger partial charge in [0, 0.05) is 51.3 Å². The first kappa shape index (κ1) is 18.6. The third kappa shape index (κ3) is 3.28. The minimum atomic E-state index is -0.297. The Morgan fingerprint density at radius 1 is 0.933 bits per heavy atom. The lowest BCUT2D eigenvalue weighted by Gasteiger charge is -2.36. The van der Waals surface area contributed by atoms with Crippen LogP contribution in [0.5, 0.6) is 0 Å². The molecule has 5 rings (SSSR count). The monoisotopic (exact) mass is 408 g/mol. The molecule has 9 nitrogen and oxygen atoms in total. The second-order valence-electron chi connectivity index (χ2n) is 7.13. The summed E-state index contributed by atoms with van der Waals surface area (Å²) in [5.41, 5.74) is 2.22. The van der Waals surface area contributed by atoms with Crippen molar-refractivity contribution in [3.63, 3.8) is 0 Å². The van der Waals surface area contributed by atoms with E-state index in [-0.39, 0.29) is 5.82 Å². The lowest BCUT2D eigenvalue weighted by atomic mass is 10.2. The molecule has 1 aromatic carbocycles. The van der Waals surface area contributed by atoms with Gasteiger partial charge in [0.1, 0.15) is 24.3 Å². The molecule has 0 radical (unpaired) electrons. The summed E-state index contributed by atoms with van der Waals surface area (Å²) >= 11 is 0. The second kappa shape index (κ2) is 7.79. The highest BCUT2D eigenvalue weighted by Gasteiger charge is 2.23. The summed E-state index contributed by atoms with van der Waals surface area (Å²) in [5, 5.41) is 0.855. The van der Waals surface area contributed by atoms with Gasteiger partial charge >= 0.3 is 0 Å². The van der Waals surface area contributed by atoms with Crippen molar-refractivity contribution in [3.8, 4) is 0 Å². The van der Waals surface area contributed by atoms with Crippen LogP contribution >= 0.6 is 0 Å². The van der Waals surface area contributed by atoms with Gasteiger partial charge < -0.3 is 19.1 Å². The van der Waals surface area contributed by atoms with Crippen LogP contribution in [-0.4, -0.2) is 69.4 Å². The topological polar surface area (TPSA) is 85.1 Å². The third-order valence-corrected chi connectivity index (χ3v) is 5.37. The van der Waals surface area contributed by atoms with Crippen LogP contribution in [0.3, 0.4) is 0 Å². The quantitative estimate of drug-likeness (QED) is 0.495. The van der Waals surface area contributed by atoms with Crippen LogP contribution in [0.15, 0.2) is 37.2 Å². The second-order valence-corrected chi connectivity index (χ2v) is 7.13. The fourth-order valence-electron chi connectivity index (χ4n) is 3.85. The molecule has 1 aliphatic rings. The van der Waals surface area contributed by atoms with Crippen molar-refractivity contribution in [2.45, 2.75) is 6.54 Å². The standard InChI is InChI=1S/C20H21FN8O/c1-30-9-8-29-13-26-17-19(24-12-25-20(17)29)28-6-4-27(5-7-28)18-15-3-2-14(21)10-16(15)22-11-23-18/h2-3,10-13H,4-9H2,1H3. The smallest absolute Gasteiger partial charge is 0.165 e. The van der Waals surface area contributed by atoms with E-state index in [9.17, 15) is 4.39 Å². The predicted molar refractivity (Wildman–Crippen MR) is 111 cm³/mol. The molecule has 1 saturated heterocycles. The molecule has 0 saturated carbocycles. The van der Waals surface area contributed by atoms with Gasteiger partial charge in [-0.3, -0.25) is 0 Å². The van der Waals surface area contributed by atoms with E-state index in [2.05, 4.69) is 34.7 Å². The summed E-state index contributed by atoms with van der Waals surface area (Å²) in [6, 6.07) is 4.63. The molecule has 4 heterocycles. The molecule has 0 N–H and O–H groups in total. The van der Waals surface area contributed by atoms with Crippen molar-refractivity contribution in [2.24, 2.45) is 0 Å². The van der Waals surface area contributed by atoms with E-state index < -0.39 is 0 Å². The van der Waals surface area contributed by atoms with E-state index in [1.807, 2.05) is 4.57 Å². The van der Waals surface area contributed by atoms with Crippen LogP contribution in [-0.2, 0) is 11.3 Å². The Morgan fingerprint density at radius 3 is 2.47 bits per heavy atom. The number of hydrogen-bond donors (Lipinski definition) is 0. The normalized spacial score (nSPS) is 14.7. The number of anilines is 2. The summed E-state index contributed by atoms with van der Waals surface area (Å²) in [4.78, 5) is 26.5. The Labute approximate surface area is 172 Å². The maximum absolute atomic E-state index is 13.5. The van der Waals surface area contributed by atoms with Gasteiger partial charge in [-0.2, -0.15) is 0 Å². The zero-order valence-corrected chi connectivity index (χ0v) is 16.6. The minimum absolute atomic E-state index is 0.297. The number of hydrogen-bond acceptors (Lipinski definition) is 8. The highest BCUT2D eigenvalue weighted by atomic mass is 19.1. The molecule has 3 aromatic heterocycles. The highest BCUT2D eigenvalue weighted by molar-refractivity contribution is 5.89. The van der Waals surface area contributed by atoms with Crippen molar-refractivity contribution < 1.29 is 9.13 Å². The Hall–Kier alpha value is -3.40. The van der Waals surface area contributed by atoms with Gasteiger partial charge in [0.2, 0.25) is 0 Å².